The molecular formula is C20H25N4O2S+. The Hall–Kier alpha value is -2.51. The van der Waals surface area contributed by atoms with Crippen LogP contribution < -0.4 is 10.5 Å². The summed E-state index contributed by atoms with van der Waals surface area (Å²) in [5.74, 6) is -0.210. The van der Waals surface area contributed by atoms with Gasteiger partial charge in [-0.15, -0.1) is 6.58 Å². The van der Waals surface area contributed by atoms with Gasteiger partial charge in [0.05, 0.1) is 18.8 Å². The van der Waals surface area contributed by atoms with Gasteiger partial charge in [0.25, 0.3) is 5.56 Å². The van der Waals surface area contributed by atoms with Crippen molar-refractivity contribution in [2.24, 2.45) is 4.99 Å². The number of H-pyrrole nitrogens is 1. The third-order valence-corrected chi connectivity index (χ3v) is 5.13. The predicted molar refractivity (Wildman–Crippen MR) is 110 cm³/mol. The quantitative estimate of drug-likeness (QED) is 0.405. The van der Waals surface area contributed by atoms with Crippen molar-refractivity contribution in [3.8, 4) is 5.88 Å². The van der Waals surface area contributed by atoms with Crippen molar-refractivity contribution in [3.05, 3.63) is 63.2 Å². The van der Waals surface area contributed by atoms with E-state index in [0.29, 0.717) is 6.54 Å². The Kier molecular flexibility index (Phi) is 6.36. The predicted octanol–water partition coefficient (Wildman–Crippen LogP) is 2.12. The zero-order chi connectivity index (χ0) is 19.2. The maximum absolute atomic E-state index is 12.1. The van der Waals surface area contributed by atoms with Crippen molar-refractivity contribution in [1.82, 2.24) is 9.55 Å². The average molecular weight is 386 g/mol. The summed E-state index contributed by atoms with van der Waals surface area (Å²) in [5.41, 5.74) is 1.62. The topological polar surface area (TPSA) is 74.8 Å². The summed E-state index contributed by atoms with van der Waals surface area (Å²) in [6, 6.07) is 8.00. The first-order valence-electron chi connectivity index (χ1n) is 9.22. The SMILES string of the molecule is C=CCn1c(O)c(C=Nc2ccc(C[NH+]3CCCCC3)cc2)c(=O)[nH]c1=S. The zero-order valence-electron chi connectivity index (χ0n) is 15.3. The number of nitrogens with one attached hydrogen (secondary N) is 2. The number of quaternary nitrogens is 1. The van der Waals surface area contributed by atoms with Crippen LogP contribution in [0.3, 0.4) is 0 Å². The fraction of sp³-hybridized carbons (Fsp3) is 0.350. The molecular weight excluding hydrogens is 360 g/mol. The van der Waals surface area contributed by atoms with Gasteiger partial charge >= 0.3 is 0 Å². The van der Waals surface area contributed by atoms with Crippen LogP contribution in [-0.2, 0) is 13.1 Å². The Morgan fingerprint density at radius 3 is 2.63 bits per heavy atom. The number of hydrogen-bond acceptors (Lipinski definition) is 4. The molecule has 3 rings (SSSR count). The van der Waals surface area contributed by atoms with Crippen LogP contribution in [0.15, 0.2) is 46.7 Å². The minimum atomic E-state index is -0.466. The number of aromatic nitrogens is 2. The molecule has 0 radical (unpaired) electrons. The van der Waals surface area contributed by atoms with Gasteiger partial charge in [0.1, 0.15) is 12.1 Å². The number of nitrogens with zero attached hydrogens (tertiary/aromatic N) is 2. The number of aromatic hydroxyl groups is 1. The third kappa shape index (κ3) is 4.81. The van der Waals surface area contributed by atoms with Gasteiger partial charge < -0.3 is 10.0 Å². The molecule has 0 amide bonds. The normalized spacial score (nSPS) is 15.3. The molecule has 1 aliphatic heterocycles. The zero-order valence-corrected chi connectivity index (χ0v) is 16.1. The van der Waals surface area contributed by atoms with Gasteiger partial charge in [0.15, 0.2) is 4.77 Å². The van der Waals surface area contributed by atoms with Gasteiger partial charge in [-0.05, 0) is 43.6 Å². The van der Waals surface area contributed by atoms with Gasteiger partial charge in [0, 0.05) is 18.3 Å². The van der Waals surface area contributed by atoms with E-state index < -0.39 is 5.56 Å². The largest absolute Gasteiger partial charge is 0.494 e. The lowest BCUT2D eigenvalue weighted by atomic mass is 10.1. The fourth-order valence-electron chi connectivity index (χ4n) is 3.35. The first kappa shape index (κ1) is 19.3. The first-order chi connectivity index (χ1) is 13.1. The second kappa shape index (κ2) is 8.92. The Morgan fingerprint density at radius 1 is 1.26 bits per heavy atom. The average Bonchev–Trinajstić information content (AvgIpc) is 2.67. The van der Waals surface area contributed by atoms with Crippen molar-refractivity contribution < 1.29 is 10.0 Å². The first-order valence-corrected chi connectivity index (χ1v) is 9.63. The molecule has 0 aliphatic carbocycles. The maximum Gasteiger partial charge on any atom is 0.264 e. The number of rotatable bonds is 6. The van der Waals surface area contributed by atoms with E-state index in [-0.39, 0.29) is 16.2 Å². The van der Waals surface area contributed by atoms with E-state index in [9.17, 15) is 9.90 Å². The molecule has 3 N–H and O–H groups in total. The van der Waals surface area contributed by atoms with E-state index in [1.165, 1.54) is 48.7 Å². The second-order valence-electron chi connectivity index (χ2n) is 6.81. The van der Waals surface area contributed by atoms with Crippen LogP contribution in [0.2, 0.25) is 0 Å². The summed E-state index contributed by atoms with van der Waals surface area (Å²) in [6.45, 7) is 7.45. The number of aliphatic imine (C=N–C) groups is 1. The molecule has 7 heteroatoms. The minimum Gasteiger partial charge on any atom is -0.494 e. The Labute approximate surface area is 163 Å². The molecule has 1 aliphatic rings. The minimum absolute atomic E-state index is 0.0762. The lowest BCUT2D eigenvalue weighted by Gasteiger charge is -2.23. The molecule has 1 saturated heterocycles. The number of likely N-dealkylation sites (tertiary alicyclic amines) is 1. The van der Waals surface area contributed by atoms with Gasteiger partial charge in [-0.1, -0.05) is 18.2 Å². The van der Waals surface area contributed by atoms with E-state index in [4.69, 9.17) is 12.2 Å². The number of piperidine rings is 1. The molecule has 2 aromatic rings. The van der Waals surface area contributed by atoms with Crippen LogP contribution in [0, 0.1) is 4.77 Å². The van der Waals surface area contributed by atoms with Gasteiger partial charge in [-0.2, -0.15) is 0 Å². The summed E-state index contributed by atoms with van der Waals surface area (Å²) in [5, 5.41) is 10.3. The van der Waals surface area contributed by atoms with Crippen LogP contribution in [0.1, 0.15) is 30.4 Å². The Morgan fingerprint density at radius 2 is 1.96 bits per heavy atom. The van der Waals surface area contributed by atoms with Crippen LogP contribution >= 0.6 is 12.2 Å². The summed E-state index contributed by atoms with van der Waals surface area (Å²) >= 11 is 5.06. The molecule has 1 aromatic carbocycles. The molecule has 6 nitrogen and oxygen atoms in total. The standard InChI is InChI=1S/C20H24N4O2S/c1-2-10-24-19(26)17(18(25)22-20(24)27)13-21-16-8-6-15(7-9-16)14-23-11-4-3-5-12-23/h2,6-9,13,26H,1,3-5,10-12,14H2,(H,22,25,27)/p+1. The number of hydrogen-bond donors (Lipinski definition) is 3. The van der Waals surface area contributed by atoms with Crippen LogP contribution in [0.25, 0.3) is 0 Å². The van der Waals surface area contributed by atoms with E-state index in [1.54, 1.807) is 11.0 Å². The van der Waals surface area contributed by atoms with Crippen LogP contribution in [0.5, 0.6) is 5.88 Å². The van der Waals surface area contributed by atoms with E-state index in [2.05, 4.69) is 28.7 Å². The molecule has 142 valence electrons. The summed E-state index contributed by atoms with van der Waals surface area (Å²) in [6.07, 6.45) is 6.93. The molecule has 27 heavy (non-hydrogen) atoms. The number of allylic oxidation sites excluding steroid dienone is 1. The van der Waals surface area contributed by atoms with E-state index in [0.717, 1.165) is 12.2 Å². The molecule has 0 atom stereocenters. The molecule has 1 aromatic heterocycles. The van der Waals surface area contributed by atoms with Gasteiger partial charge in [0.2, 0.25) is 5.88 Å². The summed E-state index contributed by atoms with van der Waals surface area (Å²) in [7, 11) is 0. The van der Waals surface area contributed by atoms with E-state index in [1.807, 2.05) is 12.1 Å². The highest BCUT2D eigenvalue weighted by Gasteiger charge is 2.13. The number of benzene rings is 1. The maximum atomic E-state index is 12.1. The molecule has 0 spiro atoms. The molecule has 0 unspecified atom stereocenters. The van der Waals surface area contributed by atoms with Crippen LogP contribution in [0.4, 0.5) is 5.69 Å². The highest BCUT2D eigenvalue weighted by molar-refractivity contribution is 7.71. The molecule has 2 heterocycles. The highest BCUT2D eigenvalue weighted by Crippen LogP contribution is 2.15. The summed E-state index contributed by atoms with van der Waals surface area (Å²) in [4.78, 5) is 20.6. The van der Waals surface area contributed by atoms with Gasteiger partial charge in [-0.3, -0.25) is 19.3 Å². The van der Waals surface area contributed by atoms with Crippen LogP contribution in [-0.4, -0.2) is 34.0 Å². The lowest BCUT2D eigenvalue weighted by molar-refractivity contribution is -0.918. The molecule has 0 bridgehead atoms. The Balaban J connectivity index is 1.76. The van der Waals surface area contributed by atoms with Crippen molar-refractivity contribution in [1.29, 1.82) is 0 Å². The summed E-state index contributed by atoms with van der Waals surface area (Å²) < 4.78 is 1.55. The lowest BCUT2D eigenvalue weighted by Crippen LogP contribution is -3.11. The highest BCUT2D eigenvalue weighted by atomic mass is 32.1. The monoisotopic (exact) mass is 385 g/mol. The number of aromatic amines is 1. The van der Waals surface area contributed by atoms with E-state index >= 15 is 0 Å². The van der Waals surface area contributed by atoms with Crippen molar-refractivity contribution >= 4 is 24.1 Å². The van der Waals surface area contributed by atoms with Crippen molar-refractivity contribution in [2.45, 2.75) is 32.4 Å². The smallest absolute Gasteiger partial charge is 0.264 e. The van der Waals surface area contributed by atoms with Crippen molar-refractivity contribution in [3.63, 3.8) is 0 Å². The molecule has 1 fully saturated rings. The third-order valence-electron chi connectivity index (χ3n) is 4.81. The second-order valence-corrected chi connectivity index (χ2v) is 7.19. The molecule has 0 saturated carbocycles. The van der Waals surface area contributed by atoms with Gasteiger partial charge in [-0.25, -0.2) is 0 Å². The van der Waals surface area contributed by atoms with Crippen molar-refractivity contribution in [2.75, 3.05) is 13.1 Å². The Bertz CT molecular complexity index is 938. The fourth-order valence-corrected chi connectivity index (χ4v) is 3.60.